The van der Waals surface area contributed by atoms with Gasteiger partial charge in [0.25, 0.3) is 0 Å². The lowest BCUT2D eigenvalue weighted by Crippen LogP contribution is -1.97. The zero-order valence-corrected chi connectivity index (χ0v) is 6.04. The van der Waals surface area contributed by atoms with Crippen molar-refractivity contribution in [1.82, 2.24) is 0 Å². The van der Waals surface area contributed by atoms with E-state index in [1.54, 1.807) is 0 Å². The van der Waals surface area contributed by atoms with Crippen LogP contribution in [0.4, 0.5) is 0 Å². The highest BCUT2D eigenvalue weighted by molar-refractivity contribution is 5.17. The molecule has 0 bridgehead atoms. The summed E-state index contributed by atoms with van der Waals surface area (Å²) in [5.74, 6) is 0.234. The quantitative estimate of drug-likeness (QED) is 0.652. The minimum atomic E-state index is 0.206. The van der Waals surface area contributed by atoms with Gasteiger partial charge in [-0.25, -0.2) is 0 Å². The molecule has 1 heteroatoms. The van der Waals surface area contributed by atoms with E-state index >= 15 is 0 Å². The molecule has 53 valence electrons. The molecule has 0 saturated carbocycles. The Balaban J connectivity index is 2.75. The van der Waals surface area contributed by atoms with Crippen molar-refractivity contribution in [2.75, 3.05) is 6.61 Å². The van der Waals surface area contributed by atoms with Gasteiger partial charge in [0.05, 0.1) is 0 Å². The van der Waals surface area contributed by atoms with Crippen LogP contribution in [0.5, 0.6) is 0 Å². The van der Waals surface area contributed by atoms with Crippen molar-refractivity contribution in [1.29, 1.82) is 0 Å². The Morgan fingerprint density at radius 1 is 1.70 bits per heavy atom. The zero-order chi connectivity index (χ0) is 7.40. The first kappa shape index (κ1) is 7.29. The van der Waals surface area contributed by atoms with Crippen LogP contribution in [0, 0.1) is 6.07 Å². The van der Waals surface area contributed by atoms with Crippen molar-refractivity contribution >= 4 is 0 Å². The zero-order valence-electron chi connectivity index (χ0n) is 6.04. The fourth-order valence-electron chi connectivity index (χ4n) is 0.819. The van der Waals surface area contributed by atoms with Gasteiger partial charge in [0, 0.05) is 12.5 Å². The maximum Gasteiger partial charge on any atom is 0.0497 e. The number of aliphatic hydroxyl groups is 1. The van der Waals surface area contributed by atoms with E-state index in [-0.39, 0.29) is 12.5 Å². The van der Waals surface area contributed by atoms with Crippen LogP contribution in [0.25, 0.3) is 0 Å². The van der Waals surface area contributed by atoms with Gasteiger partial charge in [-0.2, -0.15) is 0 Å². The van der Waals surface area contributed by atoms with E-state index in [9.17, 15) is 0 Å². The molecule has 0 heterocycles. The molecule has 1 unspecified atom stereocenters. The fraction of sp³-hybridized carbons (Fsp3) is 0.333. The van der Waals surface area contributed by atoms with Gasteiger partial charge in [-0.15, -0.1) is 0 Å². The van der Waals surface area contributed by atoms with Gasteiger partial charge in [0.1, 0.15) is 0 Å². The first-order chi connectivity index (χ1) is 4.84. The summed E-state index contributed by atoms with van der Waals surface area (Å²) < 4.78 is 0. The SMILES string of the molecule is CC(CO)c1c[c]ccc1. The highest BCUT2D eigenvalue weighted by Gasteiger charge is 2.00. The van der Waals surface area contributed by atoms with Gasteiger partial charge >= 0.3 is 0 Å². The number of rotatable bonds is 2. The van der Waals surface area contributed by atoms with Crippen molar-refractivity contribution in [3.05, 3.63) is 35.9 Å². The van der Waals surface area contributed by atoms with E-state index in [0.29, 0.717) is 0 Å². The molecule has 1 radical (unpaired) electrons. The van der Waals surface area contributed by atoms with Crippen LogP contribution in [0.15, 0.2) is 24.3 Å². The molecule has 1 aromatic carbocycles. The molecule has 1 aromatic rings. The number of hydrogen-bond donors (Lipinski definition) is 1. The monoisotopic (exact) mass is 135 g/mol. The van der Waals surface area contributed by atoms with Crippen LogP contribution in [-0.2, 0) is 0 Å². The molecule has 0 aliphatic rings. The topological polar surface area (TPSA) is 20.2 Å². The predicted molar refractivity (Wildman–Crippen MR) is 40.8 cm³/mol. The summed E-state index contributed by atoms with van der Waals surface area (Å²) >= 11 is 0. The maximum absolute atomic E-state index is 8.77. The molecule has 1 N–H and O–H groups in total. The van der Waals surface area contributed by atoms with Crippen LogP contribution in [0.3, 0.4) is 0 Å². The van der Waals surface area contributed by atoms with E-state index in [0.717, 1.165) is 5.56 Å². The lowest BCUT2D eigenvalue weighted by Gasteiger charge is -2.05. The molecule has 0 aromatic heterocycles. The average molecular weight is 135 g/mol. The summed E-state index contributed by atoms with van der Waals surface area (Å²) in [6.45, 7) is 2.20. The largest absolute Gasteiger partial charge is 0.396 e. The Labute approximate surface area is 61.3 Å². The molecular formula is C9H11O. The predicted octanol–water partition coefficient (Wildman–Crippen LogP) is 1.58. The summed E-state index contributed by atoms with van der Waals surface area (Å²) in [6, 6.07) is 10.7. The molecule has 0 saturated heterocycles. The number of benzene rings is 1. The van der Waals surface area contributed by atoms with E-state index in [2.05, 4.69) is 6.07 Å². The Morgan fingerprint density at radius 3 is 3.00 bits per heavy atom. The minimum Gasteiger partial charge on any atom is -0.396 e. The second kappa shape index (κ2) is 3.37. The van der Waals surface area contributed by atoms with Crippen LogP contribution in [0.1, 0.15) is 18.4 Å². The van der Waals surface area contributed by atoms with Gasteiger partial charge in [0.2, 0.25) is 0 Å². The first-order valence-electron chi connectivity index (χ1n) is 3.41. The Bertz CT molecular complexity index is 181. The van der Waals surface area contributed by atoms with Crippen molar-refractivity contribution in [3.63, 3.8) is 0 Å². The summed E-state index contributed by atoms with van der Waals surface area (Å²) in [5.41, 5.74) is 1.14. The first-order valence-corrected chi connectivity index (χ1v) is 3.41. The lowest BCUT2D eigenvalue weighted by atomic mass is 10.0. The Hall–Kier alpha value is -0.820. The smallest absolute Gasteiger partial charge is 0.0497 e. The van der Waals surface area contributed by atoms with Crippen molar-refractivity contribution < 1.29 is 5.11 Å². The van der Waals surface area contributed by atoms with E-state index in [4.69, 9.17) is 5.11 Å². The van der Waals surface area contributed by atoms with Crippen molar-refractivity contribution in [2.24, 2.45) is 0 Å². The van der Waals surface area contributed by atoms with Gasteiger partial charge < -0.3 is 5.11 Å². The van der Waals surface area contributed by atoms with E-state index < -0.39 is 0 Å². The summed E-state index contributed by atoms with van der Waals surface area (Å²) in [6.07, 6.45) is 0. The van der Waals surface area contributed by atoms with Gasteiger partial charge in [-0.3, -0.25) is 0 Å². The van der Waals surface area contributed by atoms with E-state index in [1.807, 2.05) is 31.2 Å². The molecule has 1 atom stereocenters. The van der Waals surface area contributed by atoms with Gasteiger partial charge in [-0.05, 0) is 11.6 Å². The standard InChI is InChI=1S/C9H11O/c1-8(7-10)9-5-3-2-4-6-9/h2-3,5-6,8,10H,7H2,1H3. The third kappa shape index (κ3) is 1.58. The molecule has 1 nitrogen and oxygen atoms in total. The maximum atomic E-state index is 8.77. The second-order valence-electron chi connectivity index (χ2n) is 2.42. The fourth-order valence-corrected chi connectivity index (χ4v) is 0.819. The average Bonchev–Trinajstić information content (AvgIpc) is 2.05. The minimum absolute atomic E-state index is 0.206. The van der Waals surface area contributed by atoms with Gasteiger partial charge in [0.15, 0.2) is 0 Å². The van der Waals surface area contributed by atoms with Crippen molar-refractivity contribution in [2.45, 2.75) is 12.8 Å². The van der Waals surface area contributed by atoms with Crippen LogP contribution < -0.4 is 0 Å². The highest BCUT2D eigenvalue weighted by Crippen LogP contribution is 2.11. The van der Waals surface area contributed by atoms with Crippen LogP contribution in [0.2, 0.25) is 0 Å². The number of hydrogen-bond acceptors (Lipinski definition) is 1. The lowest BCUT2D eigenvalue weighted by molar-refractivity contribution is 0.273. The molecule has 0 aliphatic carbocycles. The summed E-state index contributed by atoms with van der Waals surface area (Å²) in [7, 11) is 0. The van der Waals surface area contributed by atoms with E-state index in [1.165, 1.54) is 0 Å². The Kier molecular flexibility index (Phi) is 2.46. The third-order valence-corrected chi connectivity index (χ3v) is 1.57. The molecular weight excluding hydrogens is 124 g/mol. The normalized spacial score (nSPS) is 13.0. The summed E-state index contributed by atoms with van der Waals surface area (Å²) in [4.78, 5) is 0. The van der Waals surface area contributed by atoms with Crippen LogP contribution >= 0.6 is 0 Å². The summed E-state index contributed by atoms with van der Waals surface area (Å²) in [5, 5.41) is 8.77. The molecule has 1 rings (SSSR count). The molecule has 0 aliphatic heterocycles. The number of aliphatic hydroxyl groups excluding tert-OH is 1. The Morgan fingerprint density at radius 2 is 2.50 bits per heavy atom. The second-order valence-corrected chi connectivity index (χ2v) is 2.42. The molecule has 0 amide bonds. The van der Waals surface area contributed by atoms with Crippen LogP contribution in [-0.4, -0.2) is 11.7 Å². The van der Waals surface area contributed by atoms with Gasteiger partial charge in [-0.1, -0.05) is 31.2 Å². The van der Waals surface area contributed by atoms with Crippen molar-refractivity contribution in [3.8, 4) is 0 Å². The molecule has 10 heavy (non-hydrogen) atoms. The molecule has 0 spiro atoms. The highest BCUT2D eigenvalue weighted by atomic mass is 16.3. The third-order valence-electron chi connectivity index (χ3n) is 1.57. The molecule has 0 fully saturated rings.